The largest absolute Gasteiger partial charge is 0.478 e. The summed E-state index contributed by atoms with van der Waals surface area (Å²) in [6, 6.07) is 15.8. The molecule has 138 valence electrons. The zero-order chi connectivity index (χ0) is 19.2. The molecule has 2 aromatic rings. The van der Waals surface area contributed by atoms with Crippen LogP contribution in [0.4, 0.5) is 0 Å². The maximum Gasteiger partial charge on any atom is 0.339 e. The van der Waals surface area contributed by atoms with Gasteiger partial charge in [-0.25, -0.2) is 9.59 Å². The first-order valence-electron chi connectivity index (χ1n) is 9.07. The number of carbonyl (C=O) groups is 2. The Bertz CT molecular complexity index is 739. The SMILES string of the molecule is CCC(CC)(CC)C(OC(=O)c1ccccc1C(=O)O)c1ccccc1. The summed E-state index contributed by atoms with van der Waals surface area (Å²) in [4.78, 5) is 24.3. The van der Waals surface area contributed by atoms with Gasteiger partial charge in [0.15, 0.2) is 0 Å². The fraction of sp³-hybridized carbons (Fsp3) is 0.364. The molecular formula is C22H26O4. The van der Waals surface area contributed by atoms with E-state index < -0.39 is 18.0 Å². The Balaban J connectivity index is 2.45. The van der Waals surface area contributed by atoms with Gasteiger partial charge in [-0.05, 0) is 37.0 Å². The van der Waals surface area contributed by atoms with E-state index in [0.29, 0.717) is 0 Å². The van der Waals surface area contributed by atoms with Crippen LogP contribution in [-0.2, 0) is 4.74 Å². The zero-order valence-corrected chi connectivity index (χ0v) is 15.6. The highest BCUT2D eigenvalue weighted by molar-refractivity contribution is 6.02. The number of aromatic carboxylic acids is 1. The first-order chi connectivity index (χ1) is 12.5. The first kappa shape index (κ1) is 19.7. The Kier molecular flexibility index (Phi) is 6.56. The van der Waals surface area contributed by atoms with E-state index in [1.54, 1.807) is 12.1 Å². The lowest BCUT2D eigenvalue weighted by atomic mass is 9.72. The lowest BCUT2D eigenvalue weighted by Gasteiger charge is -2.38. The van der Waals surface area contributed by atoms with Crippen LogP contribution in [-0.4, -0.2) is 17.0 Å². The van der Waals surface area contributed by atoms with Gasteiger partial charge in [0.25, 0.3) is 0 Å². The van der Waals surface area contributed by atoms with Crippen molar-refractivity contribution in [3.63, 3.8) is 0 Å². The van der Waals surface area contributed by atoms with Crippen LogP contribution in [0.1, 0.15) is 72.4 Å². The van der Waals surface area contributed by atoms with E-state index in [9.17, 15) is 14.7 Å². The quantitative estimate of drug-likeness (QED) is 0.636. The summed E-state index contributed by atoms with van der Waals surface area (Å²) in [6.07, 6.45) is 2.13. The normalized spacial score (nSPS) is 12.4. The average molecular weight is 354 g/mol. The number of hydrogen-bond acceptors (Lipinski definition) is 3. The molecule has 26 heavy (non-hydrogen) atoms. The van der Waals surface area contributed by atoms with Crippen molar-refractivity contribution in [3.05, 3.63) is 71.3 Å². The van der Waals surface area contributed by atoms with E-state index in [4.69, 9.17) is 4.74 Å². The second kappa shape index (κ2) is 8.65. The lowest BCUT2D eigenvalue weighted by Crippen LogP contribution is -2.31. The van der Waals surface area contributed by atoms with Gasteiger partial charge in [-0.2, -0.15) is 0 Å². The van der Waals surface area contributed by atoms with Crippen molar-refractivity contribution in [1.29, 1.82) is 0 Å². The molecule has 2 aromatic carbocycles. The van der Waals surface area contributed by atoms with E-state index in [2.05, 4.69) is 20.8 Å². The minimum absolute atomic E-state index is 0.0422. The number of carboxylic acid groups (broad SMARTS) is 1. The molecule has 0 aromatic heterocycles. The number of carbonyl (C=O) groups excluding carboxylic acids is 1. The van der Waals surface area contributed by atoms with Crippen molar-refractivity contribution < 1.29 is 19.4 Å². The van der Waals surface area contributed by atoms with Crippen LogP contribution in [0.3, 0.4) is 0 Å². The van der Waals surface area contributed by atoms with Gasteiger partial charge in [-0.1, -0.05) is 63.2 Å². The van der Waals surface area contributed by atoms with Crippen LogP contribution in [0.15, 0.2) is 54.6 Å². The molecular weight excluding hydrogens is 328 g/mol. The minimum atomic E-state index is -1.14. The van der Waals surface area contributed by atoms with E-state index in [1.165, 1.54) is 12.1 Å². The summed E-state index contributed by atoms with van der Waals surface area (Å²) in [5.74, 6) is -1.74. The highest BCUT2D eigenvalue weighted by atomic mass is 16.5. The molecule has 4 heteroatoms. The average Bonchev–Trinajstić information content (AvgIpc) is 2.69. The number of ether oxygens (including phenoxy) is 1. The molecule has 1 unspecified atom stereocenters. The van der Waals surface area contributed by atoms with Crippen molar-refractivity contribution >= 4 is 11.9 Å². The molecule has 0 fully saturated rings. The molecule has 0 saturated heterocycles. The lowest BCUT2D eigenvalue weighted by molar-refractivity contribution is -0.0273. The van der Waals surface area contributed by atoms with Crippen molar-refractivity contribution in [2.24, 2.45) is 5.41 Å². The summed E-state index contributed by atoms with van der Waals surface area (Å²) in [6.45, 7) is 6.30. The summed E-state index contributed by atoms with van der Waals surface area (Å²) >= 11 is 0. The van der Waals surface area contributed by atoms with Gasteiger partial charge in [0.05, 0.1) is 11.1 Å². The van der Waals surface area contributed by atoms with E-state index in [0.717, 1.165) is 24.8 Å². The Morgan fingerprint density at radius 2 is 1.38 bits per heavy atom. The molecule has 0 saturated carbocycles. The monoisotopic (exact) mass is 354 g/mol. The molecule has 2 rings (SSSR count). The van der Waals surface area contributed by atoms with E-state index >= 15 is 0 Å². The van der Waals surface area contributed by atoms with Gasteiger partial charge < -0.3 is 9.84 Å². The van der Waals surface area contributed by atoms with Gasteiger partial charge in [0, 0.05) is 5.41 Å². The van der Waals surface area contributed by atoms with Crippen LogP contribution >= 0.6 is 0 Å². The van der Waals surface area contributed by atoms with Crippen molar-refractivity contribution in [1.82, 2.24) is 0 Å². The molecule has 0 radical (unpaired) electrons. The summed E-state index contributed by atoms with van der Waals surface area (Å²) in [7, 11) is 0. The molecule has 0 amide bonds. The minimum Gasteiger partial charge on any atom is -0.478 e. The fourth-order valence-corrected chi connectivity index (χ4v) is 3.50. The van der Waals surface area contributed by atoms with Crippen LogP contribution in [0.25, 0.3) is 0 Å². The highest BCUT2D eigenvalue weighted by Gasteiger charge is 2.38. The Morgan fingerprint density at radius 1 is 0.885 bits per heavy atom. The molecule has 0 spiro atoms. The van der Waals surface area contributed by atoms with Gasteiger partial charge in [-0.15, -0.1) is 0 Å². The van der Waals surface area contributed by atoms with E-state index in [-0.39, 0.29) is 16.5 Å². The van der Waals surface area contributed by atoms with Crippen LogP contribution in [0.5, 0.6) is 0 Å². The second-order valence-electron chi connectivity index (χ2n) is 6.47. The summed E-state index contributed by atoms with van der Waals surface area (Å²) < 4.78 is 5.95. The summed E-state index contributed by atoms with van der Waals surface area (Å²) in [5, 5.41) is 9.36. The molecule has 0 aliphatic rings. The fourth-order valence-electron chi connectivity index (χ4n) is 3.50. The Hall–Kier alpha value is -2.62. The van der Waals surface area contributed by atoms with Crippen molar-refractivity contribution in [2.45, 2.75) is 46.1 Å². The third kappa shape index (κ3) is 3.96. The van der Waals surface area contributed by atoms with Crippen LogP contribution in [0, 0.1) is 5.41 Å². The predicted octanol–water partition coefficient (Wildman–Crippen LogP) is 5.50. The van der Waals surface area contributed by atoms with E-state index in [1.807, 2.05) is 30.3 Å². The number of benzene rings is 2. The van der Waals surface area contributed by atoms with Gasteiger partial charge >= 0.3 is 11.9 Å². The Labute approximate surface area is 154 Å². The molecule has 0 bridgehead atoms. The molecule has 1 N–H and O–H groups in total. The topological polar surface area (TPSA) is 63.6 Å². The van der Waals surface area contributed by atoms with Crippen LogP contribution in [0.2, 0.25) is 0 Å². The third-order valence-corrected chi connectivity index (χ3v) is 5.37. The number of esters is 1. The highest BCUT2D eigenvalue weighted by Crippen LogP contribution is 2.45. The van der Waals surface area contributed by atoms with Gasteiger partial charge in [-0.3, -0.25) is 0 Å². The maximum absolute atomic E-state index is 12.9. The zero-order valence-electron chi connectivity index (χ0n) is 15.6. The number of hydrogen-bond donors (Lipinski definition) is 1. The van der Waals surface area contributed by atoms with Crippen molar-refractivity contribution in [3.8, 4) is 0 Å². The van der Waals surface area contributed by atoms with Crippen LogP contribution < -0.4 is 0 Å². The molecule has 0 heterocycles. The van der Waals surface area contributed by atoms with Gasteiger partial charge in [0.1, 0.15) is 6.10 Å². The summed E-state index contributed by atoms with van der Waals surface area (Å²) in [5.41, 5.74) is 0.770. The second-order valence-corrected chi connectivity index (χ2v) is 6.47. The molecule has 0 aliphatic carbocycles. The number of carboxylic acids is 1. The number of rotatable bonds is 8. The maximum atomic E-state index is 12.9. The smallest absolute Gasteiger partial charge is 0.339 e. The molecule has 1 atom stereocenters. The molecule has 4 nitrogen and oxygen atoms in total. The standard InChI is InChI=1S/C22H26O4/c1-4-22(5-2,6-3)19(16-12-8-7-9-13-16)26-21(25)18-15-11-10-14-17(18)20(23)24/h7-15,19H,4-6H2,1-3H3,(H,23,24). The molecule has 0 aliphatic heterocycles. The van der Waals surface area contributed by atoms with Gasteiger partial charge in [0.2, 0.25) is 0 Å². The third-order valence-electron chi connectivity index (χ3n) is 5.37. The Morgan fingerprint density at radius 3 is 1.88 bits per heavy atom. The first-order valence-corrected chi connectivity index (χ1v) is 9.07. The predicted molar refractivity (Wildman–Crippen MR) is 101 cm³/mol. The van der Waals surface area contributed by atoms with Crippen molar-refractivity contribution in [2.75, 3.05) is 0 Å².